The van der Waals surface area contributed by atoms with Gasteiger partial charge >= 0.3 is 5.91 Å². The lowest BCUT2D eigenvalue weighted by Crippen LogP contribution is -2.32. The molecule has 1 aliphatic heterocycles. The molecule has 0 bridgehead atoms. The number of amides is 2. The first-order chi connectivity index (χ1) is 10.9. The standard InChI is InChI=1S/C18H14FNO3/c1-10-7-8-12(11(2)9-10)15-16(21)18(23)20(17(15)22)14-6-4-3-5-13(14)19/h3-9,21H,1-2H3. The van der Waals surface area contributed by atoms with Crippen molar-refractivity contribution < 1.29 is 19.1 Å². The normalized spacial score (nSPS) is 14.8. The summed E-state index contributed by atoms with van der Waals surface area (Å²) in [5, 5.41) is 10.1. The van der Waals surface area contributed by atoms with Gasteiger partial charge in [-0.1, -0.05) is 35.9 Å². The quantitative estimate of drug-likeness (QED) is 0.866. The molecule has 0 fully saturated rings. The molecule has 5 heteroatoms. The number of aliphatic hydroxyl groups excluding tert-OH is 1. The van der Waals surface area contributed by atoms with Gasteiger partial charge in [-0.05, 0) is 37.1 Å². The van der Waals surface area contributed by atoms with E-state index in [1.54, 1.807) is 19.1 Å². The third-order valence-corrected chi connectivity index (χ3v) is 3.80. The molecule has 2 amide bonds. The van der Waals surface area contributed by atoms with E-state index < -0.39 is 23.4 Å². The highest BCUT2D eigenvalue weighted by Gasteiger charge is 2.41. The van der Waals surface area contributed by atoms with Crippen molar-refractivity contribution in [1.82, 2.24) is 0 Å². The maximum Gasteiger partial charge on any atom is 0.301 e. The topological polar surface area (TPSA) is 57.6 Å². The van der Waals surface area contributed by atoms with E-state index in [-0.39, 0.29) is 11.3 Å². The summed E-state index contributed by atoms with van der Waals surface area (Å²) in [4.78, 5) is 25.6. The molecular formula is C18H14FNO3. The minimum absolute atomic E-state index is 0.101. The molecule has 0 radical (unpaired) electrons. The Labute approximate surface area is 132 Å². The van der Waals surface area contributed by atoms with Crippen molar-refractivity contribution in [2.45, 2.75) is 13.8 Å². The van der Waals surface area contributed by atoms with Gasteiger partial charge in [0.25, 0.3) is 5.91 Å². The van der Waals surface area contributed by atoms with Crippen LogP contribution in [0, 0.1) is 19.7 Å². The molecule has 1 aliphatic rings. The molecule has 0 atom stereocenters. The van der Waals surface area contributed by atoms with E-state index in [4.69, 9.17) is 0 Å². The fraction of sp³-hybridized carbons (Fsp3) is 0.111. The lowest BCUT2D eigenvalue weighted by molar-refractivity contribution is -0.121. The van der Waals surface area contributed by atoms with Crippen LogP contribution in [-0.4, -0.2) is 16.9 Å². The molecule has 2 aromatic rings. The molecular weight excluding hydrogens is 297 g/mol. The summed E-state index contributed by atoms with van der Waals surface area (Å²) in [5.41, 5.74) is 1.94. The van der Waals surface area contributed by atoms with Crippen LogP contribution in [0.25, 0.3) is 5.57 Å². The molecule has 0 saturated carbocycles. The van der Waals surface area contributed by atoms with Gasteiger partial charge in [0.15, 0.2) is 5.76 Å². The molecule has 0 aliphatic carbocycles. The number of aliphatic hydroxyl groups is 1. The van der Waals surface area contributed by atoms with Crippen LogP contribution in [0.1, 0.15) is 16.7 Å². The zero-order valence-corrected chi connectivity index (χ0v) is 12.6. The molecule has 0 unspecified atom stereocenters. The van der Waals surface area contributed by atoms with Crippen LogP contribution in [0.15, 0.2) is 48.2 Å². The maximum absolute atomic E-state index is 13.9. The first kappa shape index (κ1) is 15.0. The third kappa shape index (κ3) is 2.30. The van der Waals surface area contributed by atoms with Gasteiger partial charge in [-0.2, -0.15) is 0 Å². The van der Waals surface area contributed by atoms with Gasteiger partial charge in [0.1, 0.15) is 5.82 Å². The minimum Gasteiger partial charge on any atom is -0.502 e. The second-order valence-corrected chi connectivity index (χ2v) is 5.44. The first-order valence-electron chi connectivity index (χ1n) is 7.06. The molecule has 3 rings (SSSR count). The number of carbonyl (C=O) groups excluding carboxylic acids is 2. The first-order valence-corrected chi connectivity index (χ1v) is 7.06. The van der Waals surface area contributed by atoms with Gasteiger partial charge in [0, 0.05) is 0 Å². The minimum atomic E-state index is -0.921. The lowest BCUT2D eigenvalue weighted by Gasteiger charge is -2.15. The summed E-state index contributed by atoms with van der Waals surface area (Å²) in [6, 6.07) is 10.8. The van der Waals surface area contributed by atoms with Crippen molar-refractivity contribution in [3.63, 3.8) is 0 Å². The van der Waals surface area contributed by atoms with E-state index in [2.05, 4.69) is 0 Å². The van der Waals surface area contributed by atoms with E-state index in [0.717, 1.165) is 17.2 Å². The van der Waals surface area contributed by atoms with Gasteiger partial charge in [-0.3, -0.25) is 9.59 Å². The van der Waals surface area contributed by atoms with Gasteiger partial charge in [-0.15, -0.1) is 0 Å². The second kappa shape index (κ2) is 5.35. The van der Waals surface area contributed by atoms with Gasteiger partial charge < -0.3 is 5.11 Å². The number of aryl methyl sites for hydroxylation is 2. The number of rotatable bonds is 2. The SMILES string of the molecule is Cc1ccc(C2=C(O)C(=O)N(c3ccccc3F)C2=O)c(C)c1. The molecule has 0 spiro atoms. The molecule has 116 valence electrons. The van der Waals surface area contributed by atoms with Crippen LogP contribution >= 0.6 is 0 Å². The van der Waals surface area contributed by atoms with Crippen molar-refractivity contribution in [3.8, 4) is 0 Å². The molecule has 4 nitrogen and oxygen atoms in total. The Hall–Kier alpha value is -2.95. The molecule has 0 saturated heterocycles. The number of carbonyl (C=O) groups is 2. The maximum atomic E-state index is 13.9. The van der Waals surface area contributed by atoms with Crippen molar-refractivity contribution in [3.05, 3.63) is 70.7 Å². The summed E-state index contributed by atoms with van der Waals surface area (Å²) in [5.74, 6) is -3.02. The Morgan fingerprint density at radius 2 is 1.70 bits per heavy atom. The predicted octanol–water partition coefficient (Wildman–Crippen LogP) is 3.29. The number of nitrogens with zero attached hydrogens (tertiary/aromatic N) is 1. The smallest absolute Gasteiger partial charge is 0.301 e. The van der Waals surface area contributed by atoms with Crippen molar-refractivity contribution >= 4 is 23.1 Å². The Morgan fingerprint density at radius 1 is 1.00 bits per heavy atom. The second-order valence-electron chi connectivity index (χ2n) is 5.44. The van der Waals surface area contributed by atoms with Crippen LogP contribution in [0.5, 0.6) is 0 Å². The molecule has 23 heavy (non-hydrogen) atoms. The largest absolute Gasteiger partial charge is 0.502 e. The van der Waals surface area contributed by atoms with E-state index in [0.29, 0.717) is 10.5 Å². The van der Waals surface area contributed by atoms with Crippen molar-refractivity contribution in [1.29, 1.82) is 0 Å². The lowest BCUT2D eigenvalue weighted by atomic mass is 9.98. The Morgan fingerprint density at radius 3 is 2.35 bits per heavy atom. The van der Waals surface area contributed by atoms with Crippen LogP contribution in [0.4, 0.5) is 10.1 Å². The van der Waals surface area contributed by atoms with E-state index >= 15 is 0 Å². The van der Waals surface area contributed by atoms with Crippen LogP contribution in [0.2, 0.25) is 0 Å². The van der Waals surface area contributed by atoms with Crippen molar-refractivity contribution in [2.75, 3.05) is 4.90 Å². The van der Waals surface area contributed by atoms with Gasteiger partial charge in [0.2, 0.25) is 0 Å². The highest BCUT2D eigenvalue weighted by atomic mass is 19.1. The number of benzene rings is 2. The molecule has 1 N–H and O–H groups in total. The molecule has 2 aromatic carbocycles. The Balaban J connectivity index is 2.12. The summed E-state index contributed by atoms with van der Waals surface area (Å²) >= 11 is 0. The van der Waals surface area contributed by atoms with E-state index in [9.17, 15) is 19.1 Å². The zero-order valence-electron chi connectivity index (χ0n) is 12.6. The van der Waals surface area contributed by atoms with E-state index in [1.165, 1.54) is 18.2 Å². The Kier molecular flexibility index (Phi) is 3.48. The summed E-state index contributed by atoms with van der Waals surface area (Å²) in [6.07, 6.45) is 0. The number of imide groups is 1. The fourth-order valence-corrected chi connectivity index (χ4v) is 2.71. The molecule has 0 aromatic heterocycles. The predicted molar refractivity (Wildman–Crippen MR) is 84.4 cm³/mol. The number of anilines is 1. The number of hydrogen-bond donors (Lipinski definition) is 1. The van der Waals surface area contributed by atoms with Crippen LogP contribution in [-0.2, 0) is 9.59 Å². The van der Waals surface area contributed by atoms with Crippen molar-refractivity contribution in [2.24, 2.45) is 0 Å². The van der Waals surface area contributed by atoms with Crippen LogP contribution in [0.3, 0.4) is 0 Å². The average Bonchev–Trinajstić information content (AvgIpc) is 2.71. The van der Waals surface area contributed by atoms with E-state index in [1.807, 2.05) is 13.0 Å². The number of halogens is 1. The Bertz CT molecular complexity index is 870. The number of para-hydroxylation sites is 1. The van der Waals surface area contributed by atoms with Gasteiger partial charge in [-0.25, -0.2) is 9.29 Å². The average molecular weight is 311 g/mol. The van der Waals surface area contributed by atoms with Gasteiger partial charge in [0.05, 0.1) is 11.3 Å². The summed E-state index contributed by atoms with van der Waals surface area (Å²) in [6.45, 7) is 3.68. The van der Waals surface area contributed by atoms with Crippen LogP contribution < -0.4 is 4.90 Å². The monoisotopic (exact) mass is 311 g/mol. The summed E-state index contributed by atoms with van der Waals surface area (Å²) < 4.78 is 13.9. The fourth-order valence-electron chi connectivity index (χ4n) is 2.71. The highest BCUT2D eigenvalue weighted by molar-refractivity contribution is 6.45. The third-order valence-electron chi connectivity index (χ3n) is 3.80. The summed E-state index contributed by atoms with van der Waals surface area (Å²) in [7, 11) is 0. The highest BCUT2D eigenvalue weighted by Crippen LogP contribution is 2.34. The number of hydrogen-bond acceptors (Lipinski definition) is 3. The molecule has 1 heterocycles. The zero-order chi connectivity index (χ0) is 16.7.